The first-order chi connectivity index (χ1) is 9.44. The Morgan fingerprint density at radius 3 is 2.80 bits per heavy atom. The van der Waals surface area contributed by atoms with E-state index in [1.165, 1.54) is 0 Å². The van der Waals surface area contributed by atoms with Gasteiger partial charge in [0.2, 0.25) is 0 Å². The summed E-state index contributed by atoms with van der Waals surface area (Å²) in [5.74, 6) is 1.28. The van der Waals surface area contributed by atoms with Gasteiger partial charge in [-0.1, -0.05) is 0 Å². The van der Waals surface area contributed by atoms with Crippen LogP contribution in [0, 0.1) is 0 Å². The zero-order chi connectivity index (χ0) is 14.3. The van der Waals surface area contributed by atoms with E-state index in [0.29, 0.717) is 12.1 Å². The molecule has 2 N–H and O–H groups in total. The molecule has 20 heavy (non-hydrogen) atoms. The maximum absolute atomic E-state index is 11.6. The van der Waals surface area contributed by atoms with Gasteiger partial charge in [-0.05, 0) is 36.8 Å². The number of nitrogens with two attached hydrogens (primary N) is 1. The van der Waals surface area contributed by atoms with Crippen molar-refractivity contribution in [3.05, 3.63) is 30.3 Å². The number of sulfone groups is 1. The molecule has 2 heterocycles. The second-order valence-corrected chi connectivity index (χ2v) is 7.52. The molecule has 1 unspecified atom stereocenters. The first-order valence-electron chi connectivity index (χ1n) is 6.54. The summed E-state index contributed by atoms with van der Waals surface area (Å²) in [6, 6.07) is 9.47. The molecular formula is C14H17N3O2S. The van der Waals surface area contributed by atoms with E-state index < -0.39 is 9.84 Å². The third-order valence-electron chi connectivity index (χ3n) is 3.82. The molecule has 1 aromatic heterocycles. The molecule has 0 amide bonds. The van der Waals surface area contributed by atoms with Crippen molar-refractivity contribution in [2.45, 2.75) is 12.5 Å². The molecule has 1 atom stereocenters. The molecule has 3 rings (SSSR count). The van der Waals surface area contributed by atoms with E-state index in [-0.39, 0.29) is 17.5 Å². The van der Waals surface area contributed by atoms with E-state index in [1.54, 1.807) is 0 Å². The number of nitrogen functional groups attached to an aromatic ring is 1. The molecule has 1 fully saturated rings. The summed E-state index contributed by atoms with van der Waals surface area (Å²) >= 11 is 0. The van der Waals surface area contributed by atoms with E-state index >= 15 is 0 Å². The molecule has 1 saturated heterocycles. The predicted octanol–water partition coefficient (Wildman–Crippen LogP) is 1.44. The molecule has 0 bridgehead atoms. The SMILES string of the molecule is CN(c1ccc2cc(N)ccc2n1)C1CCS(=O)(=O)C1. The number of anilines is 2. The number of hydrogen-bond donors (Lipinski definition) is 1. The van der Waals surface area contributed by atoms with Gasteiger partial charge in [0.05, 0.1) is 17.0 Å². The molecule has 1 aliphatic rings. The van der Waals surface area contributed by atoms with Crippen LogP contribution in [0.5, 0.6) is 0 Å². The van der Waals surface area contributed by atoms with Crippen molar-refractivity contribution >= 4 is 32.2 Å². The minimum absolute atomic E-state index is 0.0127. The summed E-state index contributed by atoms with van der Waals surface area (Å²) in [5, 5.41) is 0.987. The van der Waals surface area contributed by atoms with Crippen molar-refractivity contribution in [2.24, 2.45) is 0 Å². The van der Waals surface area contributed by atoms with Crippen LogP contribution in [0.4, 0.5) is 11.5 Å². The molecular weight excluding hydrogens is 274 g/mol. The summed E-state index contributed by atoms with van der Waals surface area (Å²) in [5.41, 5.74) is 7.32. The summed E-state index contributed by atoms with van der Waals surface area (Å²) in [6.07, 6.45) is 0.667. The number of aromatic nitrogens is 1. The van der Waals surface area contributed by atoms with Crippen LogP contribution < -0.4 is 10.6 Å². The lowest BCUT2D eigenvalue weighted by molar-refractivity contribution is 0.600. The van der Waals surface area contributed by atoms with Crippen molar-refractivity contribution in [1.29, 1.82) is 0 Å². The van der Waals surface area contributed by atoms with Gasteiger partial charge in [-0.2, -0.15) is 0 Å². The lowest BCUT2D eigenvalue weighted by atomic mass is 10.2. The highest BCUT2D eigenvalue weighted by Crippen LogP contribution is 2.24. The van der Waals surface area contributed by atoms with Crippen molar-refractivity contribution in [3.63, 3.8) is 0 Å². The van der Waals surface area contributed by atoms with Crippen LogP contribution in [-0.4, -0.2) is 38.0 Å². The molecule has 0 spiro atoms. The van der Waals surface area contributed by atoms with Crippen LogP contribution in [0.25, 0.3) is 10.9 Å². The van der Waals surface area contributed by atoms with Gasteiger partial charge in [0, 0.05) is 24.2 Å². The Labute approximate surface area is 118 Å². The Balaban J connectivity index is 1.92. The fraction of sp³-hybridized carbons (Fsp3) is 0.357. The van der Waals surface area contributed by atoms with Gasteiger partial charge in [0.25, 0.3) is 0 Å². The monoisotopic (exact) mass is 291 g/mol. The molecule has 1 aromatic carbocycles. The average molecular weight is 291 g/mol. The molecule has 5 nitrogen and oxygen atoms in total. The van der Waals surface area contributed by atoms with Crippen molar-refractivity contribution in [1.82, 2.24) is 4.98 Å². The second kappa shape index (κ2) is 4.63. The van der Waals surface area contributed by atoms with Crippen molar-refractivity contribution in [2.75, 3.05) is 29.2 Å². The highest BCUT2D eigenvalue weighted by Gasteiger charge is 2.31. The van der Waals surface area contributed by atoms with E-state index in [0.717, 1.165) is 16.7 Å². The molecule has 0 saturated carbocycles. The van der Waals surface area contributed by atoms with E-state index in [9.17, 15) is 8.42 Å². The number of fused-ring (bicyclic) bond motifs is 1. The van der Waals surface area contributed by atoms with Crippen molar-refractivity contribution in [3.8, 4) is 0 Å². The lowest BCUT2D eigenvalue weighted by Crippen LogP contribution is -2.33. The van der Waals surface area contributed by atoms with Crippen LogP contribution >= 0.6 is 0 Å². The summed E-state index contributed by atoms with van der Waals surface area (Å²) in [7, 11) is -0.983. The highest BCUT2D eigenvalue weighted by atomic mass is 32.2. The summed E-state index contributed by atoms with van der Waals surface area (Å²) in [6.45, 7) is 0. The third kappa shape index (κ3) is 2.43. The van der Waals surface area contributed by atoms with E-state index in [4.69, 9.17) is 5.73 Å². The van der Waals surface area contributed by atoms with Gasteiger partial charge >= 0.3 is 0 Å². The van der Waals surface area contributed by atoms with Gasteiger partial charge in [0.15, 0.2) is 9.84 Å². The standard InChI is InChI=1S/C14H17N3O2S/c1-17(12-6-7-20(18,19)9-12)14-5-2-10-8-11(15)3-4-13(10)16-14/h2-5,8,12H,6-7,9,15H2,1H3. The minimum Gasteiger partial charge on any atom is -0.399 e. The molecule has 0 radical (unpaired) electrons. The van der Waals surface area contributed by atoms with Gasteiger partial charge in [-0.25, -0.2) is 13.4 Å². The van der Waals surface area contributed by atoms with Crippen LogP contribution in [0.1, 0.15) is 6.42 Å². The third-order valence-corrected chi connectivity index (χ3v) is 5.57. The number of pyridine rings is 1. The van der Waals surface area contributed by atoms with Crippen LogP contribution in [0.2, 0.25) is 0 Å². The number of hydrogen-bond acceptors (Lipinski definition) is 5. The Morgan fingerprint density at radius 2 is 2.10 bits per heavy atom. The Kier molecular flexibility index (Phi) is 3.05. The smallest absolute Gasteiger partial charge is 0.152 e. The largest absolute Gasteiger partial charge is 0.399 e. The lowest BCUT2D eigenvalue weighted by Gasteiger charge is -2.24. The van der Waals surface area contributed by atoms with Gasteiger partial charge in [0.1, 0.15) is 5.82 Å². The summed E-state index contributed by atoms with van der Waals surface area (Å²) < 4.78 is 23.1. The Morgan fingerprint density at radius 1 is 1.30 bits per heavy atom. The molecule has 2 aromatic rings. The Bertz CT molecular complexity index is 758. The average Bonchev–Trinajstić information content (AvgIpc) is 2.77. The van der Waals surface area contributed by atoms with Crippen LogP contribution in [0.3, 0.4) is 0 Å². The fourth-order valence-electron chi connectivity index (χ4n) is 2.60. The van der Waals surface area contributed by atoms with Gasteiger partial charge < -0.3 is 10.6 Å². The first-order valence-corrected chi connectivity index (χ1v) is 8.36. The first kappa shape index (κ1) is 13.2. The molecule has 1 aliphatic heterocycles. The predicted molar refractivity (Wildman–Crippen MR) is 81.6 cm³/mol. The van der Waals surface area contributed by atoms with Crippen LogP contribution in [-0.2, 0) is 9.84 Å². The maximum atomic E-state index is 11.6. The topological polar surface area (TPSA) is 76.3 Å². The van der Waals surface area contributed by atoms with Gasteiger partial charge in [-0.15, -0.1) is 0 Å². The number of rotatable bonds is 2. The van der Waals surface area contributed by atoms with Crippen molar-refractivity contribution < 1.29 is 8.42 Å². The molecule has 0 aliphatic carbocycles. The van der Waals surface area contributed by atoms with E-state index in [1.807, 2.05) is 42.3 Å². The van der Waals surface area contributed by atoms with E-state index in [2.05, 4.69) is 4.98 Å². The molecule has 6 heteroatoms. The molecule has 106 valence electrons. The number of nitrogens with zero attached hydrogens (tertiary/aromatic N) is 2. The highest BCUT2D eigenvalue weighted by molar-refractivity contribution is 7.91. The second-order valence-electron chi connectivity index (χ2n) is 5.29. The number of benzene rings is 1. The summed E-state index contributed by atoms with van der Waals surface area (Å²) in [4.78, 5) is 6.54. The fourth-order valence-corrected chi connectivity index (χ4v) is 4.37. The quantitative estimate of drug-likeness (QED) is 0.847. The zero-order valence-electron chi connectivity index (χ0n) is 11.3. The minimum atomic E-state index is -2.88. The van der Waals surface area contributed by atoms with Crippen LogP contribution in [0.15, 0.2) is 30.3 Å². The van der Waals surface area contributed by atoms with Gasteiger partial charge in [-0.3, -0.25) is 0 Å². The maximum Gasteiger partial charge on any atom is 0.152 e. The normalized spacial score (nSPS) is 21.1. The zero-order valence-corrected chi connectivity index (χ0v) is 12.1. The Hall–Kier alpha value is -1.82.